The lowest BCUT2D eigenvalue weighted by Gasteiger charge is -2.28. The molecular weight excluding hydrogens is 691 g/mol. The lowest BCUT2D eigenvalue weighted by Crippen LogP contribution is -2.15. The van der Waals surface area contributed by atoms with E-state index in [1.54, 1.807) is 0 Å². The topological polar surface area (TPSA) is 13.1 Å². The van der Waals surface area contributed by atoms with Crippen molar-refractivity contribution in [3.63, 3.8) is 0 Å². The second-order valence-electron chi connectivity index (χ2n) is 14.9. The van der Waals surface area contributed by atoms with Gasteiger partial charge in [-0.05, 0) is 107 Å². The number of allylic oxidation sites excluding steroid dienone is 1. The smallest absolute Gasteiger partial charge is 0.123 e. The molecule has 57 heavy (non-hydrogen) atoms. The molecule has 0 bridgehead atoms. The van der Waals surface area contributed by atoms with E-state index < -0.39 is 0 Å². The van der Waals surface area contributed by atoms with E-state index >= 15 is 0 Å². The Hall–Kier alpha value is -7.36. The Kier molecular flexibility index (Phi) is 7.96. The summed E-state index contributed by atoms with van der Waals surface area (Å²) in [6.07, 6.45) is 4.36. The van der Waals surface area contributed by atoms with Gasteiger partial charge in [0, 0.05) is 27.5 Å². The van der Waals surface area contributed by atoms with Crippen molar-refractivity contribution in [3.8, 4) is 22.6 Å². The van der Waals surface area contributed by atoms with E-state index in [1.165, 1.54) is 77.5 Å². The van der Waals surface area contributed by atoms with Gasteiger partial charge in [0.05, 0.1) is 28.3 Å². The lowest BCUT2D eigenvalue weighted by molar-refractivity contribution is 0.969. The van der Waals surface area contributed by atoms with Crippen molar-refractivity contribution in [1.82, 2.24) is 9.13 Å². The molecule has 0 radical (unpaired) electrons. The van der Waals surface area contributed by atoms with Gasteiger partial charge in [-0.1, -0.05) is 152 Å². The minimum absolute atomic E-state index is 0.945. The average Bonchev–Trinajstić information content (AvgIpc) is 3.85. The number of rotatable bonds is 7. The SMILES string of the molecule is C1=C(c2ccc3cc(-c4ccccc4)n(-c4cccc5ccccc45)c3c2)CCc2cc(N(c3ccccc3)c3ccccc3)n(-c3cccc4ccccc34)c21. The molecule has 0 fully saturated rings. The molecule has 0 amide bonds. The van der Waals surface area contributed by atoms with Gasteiger partial charge < -0.3 is 4.57 Å². The van der Waals surface area contributed by atoms with Gasteiger partial charge in [-0.25, -0.2) is 0 Å². The third kappa shape index (κ3) is 5.67. The molecule has 0 atom stereocenters. The average molecular weight is 730 g/mol. The predicted molar refractivity (Wildman–Crippen MR) is 240 cm³/mol. The van der Waals surface area contributed by atoms with Gasteiger partial charge in [-0.15, -0.1) is 0 Å². The quantitative estimate of drug-likeness (QED) is 0.159. The van der Waals surface area contributed by atoms with E-state index in [1.807, 2.05) is 0 Å². The van der Waals surface area contributed by atoms with Gasteiger partial charge in [0.2, 0.25) is 0 Å². The number of nitrogens with zero attached hydrogens (tertiary/aromatic N) is 3. The van der Waals surface area contributed by atoms with Gasteiger partial charge in [0.15, 0.2) is 0 Å². The van der Waals surface area contributed by atoms with Crippen LogP contribution in [0.25, 0.3) is 66.7 Å². The molecule has 0 aliphatic heterocycles. The van der Waals surface area contributed by atoms with Crippen molar-refractivity contribution in [2.24, 2.45) is 0 Å². The number of hydrogen-bond acceptors (Lipinski definition) is 1. The number of anilines is 3. The largest absolute Gasteiger partial charge is 0.309 e. The van der Waals surface area contributed by atoms with E-state index in [-0.39, 0.29) is 0 Å². The summed E-state index contributed by atoms with van der Waals surface area (Å²) in [5.74, 6) is 1.12. The number of aromatic nitrogens is 2. The molecular formula is C54H39N3. The van der Waals surface area contributed by atoms with Crippen LogP contribution in [0.4, 0.5) is 17.2 Å². The van der Waals surface area contributed by atoms with Gasteiger partial charge in [0.1, 0.15) is 5.82 Å². The Balaban J connectivity index is 1.14. The van der Waals surface area contributed by atoms with Crippen molar-refractivity contribution in [2.45, 2.75) is 12.8 Å². The van der Waals surface area contributed by atoms with Crippen LogP contribution in [0.5, 0.6) is 0 Å². The van der Waals surface area contributed by atoms with Crippen molar-refractivity contribution in [3.05, 3.63) is 223 Å². The van der Waals surface area contributed by atoms with Crippen LogP contribution in [0, 0.1) is 0 Å². The van der Waals surface area contributed by atoms with E-state index in [0.29, 0.717) is 0 Å². The summed E-state index contributed by atoms with van der Waals surface area (Å²) >= 11 is 0. The Morgan fingerprint density at radius 2 is 0.965 bits per heavy atom. The zero-order valence-electron chi connectivity index (χ0n) is 31.5. The number of para-hydroxylation sites is 2. The van der Waals surface area contributed by atoms with Crippen LogP contribution in [0.15, 0.2) is 206 Å². The maximum Gasteiger partial charge on any atom is 0.123 e. The highest BCUT2D eigenvalue weighted by molar-refractivity contribution is 5.99. The first-order valence-electron chi connectivity index (χ1n) is 19.8. The highest BCUT2D eigenvalue weighted by Crippen LogP contribution is 2.44. The number of aryl methyl sites for hydroxylation is 1. The van der Waals surface area contributed by atoms with Crippen LogP contribution < -0.4 is 4.90 Å². The maximum absolute atomic E-state index is 2.50. The standard InChI is InChI=1S/C54H39N3/c1-4-18-40(19-5-1)51-36-43-32-30-41(34-52(43)56(51)49-28-14-20-38-16-10-12-26-47(38)49)42-31-33-44-37-54(55(45-22-6-2-7-23-45)46-24-8-3-9-25-46)57(53(44)35-42)50-29-15-21-39-17-11-13-27-48(39)50/h1-30,32,34-37H,31,33H2. The van der Waals surface area contributed by atoms with E-state index in [9.17, 15) is 0 Å². The summed E-state index contributed by atoms with van der Waals surface area (Å²) in [6, 6.07) is 74.9. The molecule has 10 aromatic rings. The molecule has 270 valence electrons. The Bertz CT molecular complexity index is 3060. The van der Waals surface area contributed by atoms with Crippen LogP contribution in [-0.4, -0.2) is 9.13 Å². The summed E-state index contributed by atoms with van der Waals surface area (Å²) < 4.78 is 4.97. The molecule has 0 spiro atoms. The predicted octanol–water partition coefficient (Wildman–Crippen LogP) is 14.4. The second-order valence-corrected chi connectivity index (χ2v) is 14.9. The minimum atomic E-state index is 0.945. The highest BCUT2D eigenvalue weighted by Gasteiger charge is 2.26. The van der Waals surface area contributed by atoms with E-state index in [0.717, 1.165) is 30.0 Å². The zero-order chi connectivity index (χ0) is 37.7. The van der Waals surface area contributed by atoms with Crippen LogP contribution in [0.1, 0.15) is 23.2 Å². The fourth-order valence-electron chi connectivity index (χ4n) is 8.93. The number of benzene rings is 8. The summed E-state index contributed by atoms with van der Waals surface area (Å²) in [6.45, 7) is 0. The molecule has 11 rings (SSSR count). The van der Waals surface area contributed by atoms with Crippen molar-refractivity contribution >= 4 is 61.3 Å². The fraction of sp³-hybridized carbons (Fsp3) is 0.0370. The molecule has 1 aliphatic carbocycles. The van der Waals surface area contributed by atoms with Crippen molar-refractivity contribution in [2.75, 3.05) is 4.90 Å². The molecule has 0 unspecified atom stereocenters. The van der Waals surface area contributed by atoms with Gasteiger partial charge in [-0.2, -0.15) is 0 Å². The Labute approximate surface area is 332 Å². The van der Waals surface area contributed by atoms with Gasteiger partial charge in [0.25, 0.3) is 0 Å². The minimum Gasteiger partial charge on any atom is -0.309 e. The number of hydrogen-bond donors (Lipinski definition) is 0. The first kappa shape index (κ1) is 33.0. The van der Waals surface area contributed by atoms with Gasteiger partial charge in [-0.3, -0.25) is 9.47 Å². The summed E-state index contributed by atoms with van der Waals surface area (Å²) in [5.41, 5.74) is 13.4. The molecule has 0 N–H and O–H groups in total. The second kappa shape index (κ2) is 13.7. The van der Waals surface area contributed by atoms with Crippen molar-refractivity contribution < 1.29 is 0 Å². The molecule has 2 aromatic heterocycles. The van der Waals surface area contributed by atoms with Gasteiger partial charge >= 0.3 is 0 Å². The Morgan fingerprint density at radius 3 is 1.61 bits per heavy atom. The molecule has 3 heteroatoms. The van der Waals surface area contributed by atoms with Crippen LogP contribution >= 0.6 is 0 Å². The Morgan fingerprint density at radius 1 is 0.404 bits per heavy atom. The molecule has 2 heterocycles. The normalized spacial score (nSPS) is 12.5. The third-order valence-corrected chi connectivity index (χ3v) is 11.6. The van der Waals surface area contributed by atoms with Crippen molar-refractivity contribution in [1.29, 1.82) is 0 Å². The third-order valence-electron chi connectivity index (χ3n) is 11.6. The first-order valence-corrected chi connectivity index (χ1v) is 19.8. The van der Waals surface area contributed by atoms with Crippen LogP contribution in [0.3, 0.4) is 0 Å². The highest BCUT2D eigenvalue weighted by atomic mass is 15.3. The van der Waals surface area contributed by atoms with E-state index in [2.05, 4.69) is 226 Å². The number of fused-ring (bicyclic) bond motifs is 4. The van der Waals surface area contributed by atoms with Crippen LogP contribution in [-0.2, 0) is 6.42 Å². The molecule has 3 nitrogen and oxygen atoms in total. The van der Waals surface area contributed by atoms with Crippen LogP contribution in [0.2, 0.25) is 0 Å². The zero-order valence-corrected chi connectivity index (χ0v) is 31.5. The molecule has 0 saturated heterocycles. The lowest BCUT2D eigenvalue weighted by atomic mass is 9.92. The summed E-state index contributed by atoms with van der Waals surface area (Å²) in [4.78, 5) is 2.40. The maximum atomic E-state index is 2.50. The molecule has 0 saturated carbocycles. The summed E-state index contributed by atoms with van der Waals surface area (Å²) in [5, 5.41) is 6.15. The first-order chi connectivity index (χ1) is 28.3. The fourth-order valence-corrected chi connectivity index (χ4v) is 8.93. The molecule has 1 aliphatic rings. The van der Waals surface area contributed by atoms with E-state index in [4.69, 9.17) is 0 Å². The summed E-state index contributed by atoms with van der Waals surface area (Å²) in [7, 11) is 0. The molecule has 8 aromatic carbocycles. The monoisotopic (exact) mass is 729 g/mol.